The molecule has 2 heterocycles. The van der Waals surface area contributed by atoms with Crippen molar-refractivity contribution >= 4 is 19.0 Å². The van der Waals surface area contributed by atoms with Gasteiger partial charge in [-0.05, 0) is 29.7 Å². The van der Waals surface area contributed by atoms with Crippen molar-refractivity contribution in [1.29, 1.82) is 0 Å². The summed E-state index contributed by atoms with van der Waals surface area (Å²) in [6.07, 6.45) is 1.93. The van der Waals surface area contributed by atoms with Crippen molar-refractivity contribution in [2.24, 2.45) is 5.73 Å². The van der Waals surface area contributed by atoms with Crippen molar-refractivity contribution in [2.45, 2.75) is 25.3 Å². The monoisotopic (exact) mass is 355 g/mol. The van der Waals surface area contributed by atoms with Gasteiger partial charge >= 0.3 is 13.1 Å². The summed E-state index contributed by atoms with van der Waals surface area (Å²) in [5, 5.41) is 22.0. The molecule has 5 N–H and O–H groups in total. The van der Waals surface area contributed by atoms with Crippen molar-refractivity contribution in [3.05, 3.63) is 58.9 Å². The highest BCUT2D eigenvalue weighted by molar-refractivity contribution is 6.47. The maximum Gasteiger partial charge on any atom is 0.547 e. The van der Waals surface area contributed by atoms with Crippen LogP contribution >= 0.6 is 0 Å². The first kappa shape index (κ1) is 17.9. The molecule has 9 heteroatoms. The first-order chi connectivity index (χ1) is 12.5. The number of carboxylic acids is 1. The molecule has 26 heavy (non-hydrogen) atoms. The average molecular weight is 355 g/mol. The summed E-state index contributed by atoms with van der Waals surface area (Å²) in [7, 11) is -1.33. The lowest BCUT2D eigenvalue weighted by atomic mass is 9.72. The van der Waals surface area contributed by atoms with Crippen LogP contribution in [0.4, 0.5) is 0 Å². The van der Waals surface area contributed by atoms with Crippen LogP contribution in [0.25, 0.3) is 0 Å². The van der Waals surface area contributed by atoms with E-state index in [-0.39, 0.29) is 30.1 Å². The van der Waals surface area contributed by atoms with Crippen molar-refractivity contribution in [3.8, 4) is 5.75 Å². The highest BCUT2D eigenvalue weighted by Gasteiger charge is 2.37. The number of carbonyl (C=O) groups excluding carboxylic acids is 1. The second kappa shape index (κ2) is 7.55. The molecular weight excluding hydrogens is 337 g/mol. The molecule has 1 aliphatic heterocycles. The minimum Gasteiger partial charge on any atom is -0.534 e. The van der Waals surface area contributed by atoms with Gasteiger partial charge in [0.25, 0.3) is 0 Å². The van der Waals surface area contributed by atoms with Crippen LogP contribution in [0.1, 0.15) is 27.2 Å². The number of nitrogens with two attached hydrogens (primary N) is 1. The second-order valence-electron chi connectivity index (χ2n) is 6.02. The Kier molecular flexibility index (Phi) is 5.20. The van der Waals surface area contributed by atoms with E-state index in [1.54, 1.807) is 30.5 Å². The molecule has 1 amide bonds. The summed E-state index contributed by atoms with van der Waals surface area (Å²) >= 11 is 0. The van der Waals surface area contributed by atoms with Crippen LogP contribution < -0.4 is 15.7 Å². The third kappa shape index (κ3) is 3.84. The molecule has 0 saturated carbocycles. The quantitative estimate of drug-likeness (QED) is 0.551. The number of amides is 1. The van der Waals surface area contributed by atoms with Crippen LogP contribution in [-0.4, -0.2) is 40.1 Å². The maximum atomic E-state index is 12.2. The van der Waals surface area contributed by atoms with Gasteiger partial charge in [-0.2, -0.15) is 0 Å². The number of rotatable bonds is 5. The van der Waals surface area contributed by atoms with E-state index in [2.05, 4.69) is 10.3 Å². The van der Waals surface area contributed by atoms with E-state index < -0.39 is 19.0 Å². The molecule has 8 nitrogen and oxygen atoms in total. The zero-order valence-corrected chi connectivity index (χ0v) is 13.9. The molecule has 0 aliphatic carbocycles. The number of hydrogen-bond donors (Lipinski definition) is 4. The number of nitrogens with one attached hydrogen (secondary N) is 1. The van der Waals surface area contributed by atoms with Gasteiger partial charge in [0.2, 0.25) is 5.91 Å². The van der Waals surface area contributed by atoms with Gasteiger partial charge in [-0.1, -0.05) is 18.2 Å². The van der Waals surface area contributed by atoms with Gasteiger partial charge in [-0.25, -0.2) is 4.79 Å². The van der Waals surface area contributed by atoms with E-state index in [1.165, 1.54) is 6.07 Å². The van der Waals surface area contributed by atoms with Crippen LogP contribution in [0.15, 0.2) is 36.5 Å². The largest absolute Gasteiger partial charge is 0.547 e. The number of aromatic carboxylic acids is 1. The summed E-state index contributed by atoms with van der Waals surface area (Å²) in [6, 6.07) is 8.25. The van der Waals surface area contributed by atoms with E-state index in [4.69, 9.17) is 10.4 Å². The van der Waals surface area contributed by atoms with Crippen molar-refractivity contribution in [3.63, 3.8) is 0 Å². The Morgan fingerprint density at radius 2 is 2.15 bits per heavy atom. The minimum absolute atomic E-state index is 0.0180. The van der Waals surface area contributed by atoms with Gasteiger partial charge in [0.05, 0.1) is 17.9 Å². The summed E-state index contributed by atoms with van der Waals surface area (Å²) in [6.45, 7) is 0.378. The molecule has 134 valence electrons. The van der Waals surface area contributed by atoms with Crippen molar-refractivity contribution in [2.75, 3.05) is 0 Å². The Bertz CT molecular complexity index is 828. The summed E-state index contributed by atoms with van der Waals surface area (Å²) in [4.78, 5) is 27.6. The average Bonchev–Trinajstić information content (AvgIpc) is 2.62. The van der Waals surface area contributed by atoms with E-state index >= 15 is 0 Å². The first-order valence-corrected chi connectivity index (χ1v) is 8.11. The minimum atomic E-state index is -1.33. The Morgan fingerprint density at radius 1 is 1.35 bits per heavy atom. The van der Waals surface area contributed by atoms with Gasteiger partial charge in [0, 0.05) is 18.4 Å². The van der Waals surface area contributed by atoms with Crippen LogP contribution in [0, 0.1) is 0 Å². The molecule has 0 fully saturated rings. The highest BCUT2D eigenvalue weighted by atomic mass is 16.5. The molecule has 1 aliphatic rings. The Hall–Kier alpha value is -2.91. The zero-order chi connectivity index (χ0) is 18.7. The Labute approximate surface area is 150 Å². The molecular formula is C17H18BN3O5. The van der Waals surface area contributed by atoms with Gasteiger partial charge in [0.15, 0.2) is 0 Å². The number of hydrogen-bond acceptors (Lipinski definition) is 6. The predicted octanol–water partition coefficient (Wildman–Crippen LogP) is -0.0794. The number of carbonyl (C=O) groups is 2. The fourth-order valence-corrected chi connectivity index (χ4v) is 2.82. The normalized spacial score (nSPS) is 15.8. The van der Waals surface area contributed by atoms with Crippen LogP contribution in [0.5, 0.6) is 5.75 Å². The van der Waals surface area contributed by atoms with E-state index in [9.17, 15) is 19.7 Å². The topological polar surface area (TPSA) is 135 Å². The number of para-hydroxylation sites is 1. The van der Waals surface area contributed by atoms with Gasteiger partial charge in [0.1, 0.15) is 5.75 Å². The zero-order valence-electron chi connectivity index (χ0n) is 13.9. The Morgan fingerprint density at radius 3 is 2.81 bits per heavy atom. The lowest BCUT2D eigenvalue weighted by Gasteiger charge is -2.28. The fourth-order valence-electron chi connectivity index (χ4n) is 2.82. The molecule has 1 aromatic heterocycles. The molecule has 1 atom stereocenters. The van der Waals surface area contributed by atoms with Crippen LogP contribution in [0.2, 0.25) is 0 Å². The molecule has 0 unspecified atom stereocenters. The van der Waals surface area contributed by atoms with Gasteiger partial charge in [-0.3, -0.25) is 9.78 Å². The SMILES string of the molecule is NCc1ccc(CC(=O)N[C@H]2Cc3cccc(C(=O)O)c3OB2O)nc1. The summed E-state index contributed by atoms with van der Waals surface area (Å²) < 4.78 is 5.35. The number of aromatic nitrogens is 1. The van der Waals surface area contributed by atoms with Crippen LogP contribution in [-0.2, 0) is 24.2 Å². The molecule has 1 aromatic carbocycles. The highest BCUT2D eigenvalue weighted by Crippen LogP contribution is 2.30. The van der Waals surface area contributed by atoms with E-state index in [0.717, 1.165) is 5.56 Å². The molecule has 2 aromatic rings. The van der Waals surface area contributed by atoms with E-state index in [1.807, 2.05) is 0 Å². The van der Waals surface area contributed by atoms with E-state index in [0.29, 0.717) is 17.8 Å². The smallest absolute Gasteiger partial charge is 0.534 e. The number of pyridine rings is 1. The first-order valence-electron chi connectivity index (χ1n) is 8.11. The van der Waals surface area contributed by atoms with Crippen molar-refractivity contribution < 1.29 is 24.4 Å². The number of benzene rings is 1. The number of fused-ring (bicyclic) bond motifs is 1. The molecule has 0 spiro atoms. The molecule has 0 radical (unpaired) electrons. The molecule has 3 rings (SSSR count). The Balaban J connectivity index is 1.67. The van der Waals surface area contributed by atoms with Gasteiger partial charge < -0.3 is 25.8 Å². The third-order valence-corrected chi connectivity index (χ3v) is 4.16. The summed E-state index contributed by atoms with van der Waals surface area (Å²) in [5.41, 5.74) is 7.56. The maximum absolute atomic E-state index is 12.2. The van der Waals surface area contributed by atoms with Crippen LogP contribution in [0.3, 0.4) is 0 Å². The second-order valence-corrected chi connectivity index (χ2v) is 6.02. The van der Waals surface area contributed by atoms with Gasteiger partial charge in [-0.15, -0.1) is 0 Å². The summed E-state index contributed by atoms with van der Waals surface area (Å²) in [5.74, 6) is -1.99. The third-order valence-electron chi connectivity index (χ3n) is 4.16. The lowest BCUT2D eigenvalue weighted by Crippen LogP contribution is -2.53. The predicted molar refractivity (Wildman–Crippen MR) is 93.5 cm³/mol. The molecule has 0 saturated heterocycles. The van der Waals surface area contributed by atoms with Crippen molar-refractivity contribution in [1.82, 2.24) is 10.3 Å². The number of carboxylic acid groups (broad SMARTS) is 1. The number of nitrogens with zero attached hydrogens (tertiary/aromatic N) is 1. The standard InChI is InChI=1S/C17H18BN3O5/c19-8-10-4-5-12(20-9-10)7-15(22)21-14-6-11-2-1-3-13(17(23)24)16(11)26-18(14)25/h1-5,9,14,25H,6-8,19H2,(H,21,22)(H,23,24)/t14-/m0/s1. The molecule has 0 bridgehead atoms. The fraction of sp³-hybridized carbons (Fsp3) is 0.235. The lowest BCUT2D eigenvalue weighted by molar-refractivity contribution is -0.120.